The number of nitrogens with one attached hydrogen (secondary N) is 1. The van der Waals surface area contributed by atoms with Crippen molar-refractivity contribution in [2.24, 2.45) is 5.92 Å². The van der Waals surface area contributed by atoms with Gasteiger partial charge in [-0.25, -0.2) is 0 Å². The number of fused-ring (bicyclic) bond motifs is 5. The van der Waals surface area contributed by atoms with Crippen LogP contribution in [0.15, 0.2) is 24.3 Å². The molecule has 0 bridgehead atoms. The fourth-order valence-corrected chi connectivity index (χ4v) is 4.06. The Balaban J connectivity index is 1.80. The first-order valence-electron chi connectivity index (χ1n) is 7.03. The van der Waals surface area contributed by atoms with Crippen LogP contribution in [0.2, 0.25) is 0 Å². The summed E-state index contributed by atoms with van der Waals surface area (Å²) in [4.78, 5) is 14.6. The maximum Gasteiger partial charge on any atom is 0.247 e. The van der Waals surface area contributed by atoms with Gasteiger partial charge in [-0.1, -0.05) is 25.0 Å². The van der Waals surface area contributed by atoms with E-state index in [1.165, 1.54) is 31.4 Å². The van der Waals surface area contributed by atoms with Crippen LogP contribution >= 0.6 is 0 Å². The topological polar surface area (TPSA) is 32.3 Å². The summed E-state index contributed by atoms with van der Waals surface area (Å²) in [5.74, 6) is 0.920. The summed E-state index contributed by atoms with van der Waals surface area (Å²) in [5, 5.41) is 3.06. The Kier molecular flexibility index (Phi) is 2.16. The van der Waals surface area contributed by atoms with Gasteiger partial charge in [0.2, 0.25) is 5.91 Å². The smallest absolute Gasteiger partial charge is 0.247 e. The van der Waals surface area contributed by atoms with Crippen LogP contribution in [-0.2, 0) is 4.79 Å². The van der Waals surface area contributed by atoms with Crippen molar-refractivity contribution in [1.29, 1.82) is 0 Å². The van der Waals surface area contributed by atoms with Crippen LogP contribution in [-0.4, -0.2) is 18.0 Å². The van der Waals surface area contributed by atoms with E-state index in [4.69, 9.17) is 0 Å². The van der Waals surface area contributed by atoms with E-state index in [0.717, 1.165) is 18.0 Å². The molecule has 2 fully saturated rings. The number of carbonyl (C=O) groups is 1. The fraction of sp³-hybridized carbons (Fsp3) is 0.533. The van der Waals surface area contributed by atoms with E-state index in [2.05, 4.69) is 22.3 Å². The van der Waals surface area contributed by atoms with Crippen LogP contribution in [0.25, 0.3) is 0 Å². The fourth-order valence-electron chi connectivity index (χ4n) is 4.06. The highest BCUT2D eigenvalue weighted by atomic mass is 16.2. The zero-order valence-corrected chi connectivity index (χ0v) is 10.4. The summed E-state index contributed by atoms with van der Waals surface area (Å²) >= 11 is 0. The number of rotatable bonds is 0. The van der Waals surface area contributed by atoms with E-state index >= 15 is 0 Å². The Morgan fingerprint density at radius 1 is 1.17 bits per heavy atom. The van der Waals surface area contributed by atoms with E-state index in [9.17, 15) is 4.79 Å². The Morgan fingerprint density at radius 3 is 2.94 bits per heavy atom. The van der Waals surface area contributed by atoms with Crippen LogP contribution in [0, 0.1) is 5.92 Å². The number of hydrogen-bond acceptors (Lipinski definition) is 2. The zero-order chi connectivity index (χ0) is 12.1. The number of carbonyl (C=O) groups excluding carboxylic acids is 1. The number of benzene rings is 1. The average molecular weight is 242 g/mol. The predicted octanol–water partition coefficient (Wildman–Crippen LogP) is 2.78. The molecule has 1 N–H and O–H groups in total. The lowest BCUT2D eigenvalue weighted by atomic mass is 9.84. The summed E-state index contributed by atoms with van der Waals surface area (Å²) in [7, 11) is 0. The van der Waals surface area contributed by atoms with Crippen LogP contribution in [0.5, 0.6) is 0 Å². The summed E-state index contributed by atoms with van der Waals surface area (Å²) < 4.78 is 0. The Labute approximate surface area is 107 Å². The van der Waals surface area contributed by atoms with Crippen LogP contribution in [0.4, 0.5) is 11.4 Å². The lowest BCUT2D eigenvalue weighted by Gasteiger charge is -2.39. The van der Waals surface area contributed by atoms with Gasteiger partial charge in [0.05, 0.1) is 11.4 Å². The van der Waals surface area contributed by atoms with E-state index in [1.54, 1.807) is 0 Å². The number of para-hydroxylation sites is 2. The minimum Gasteiger partial charge on any atom is -0.355 e. The molecule has 3 aliphatic rings. The molecule has 2 aliphatic heterocycles. The standard InChI is InChI=1S/C15H18N2O/c18-15-14-9-10-5-1-3-7-12(10)17(14)13-8-4-2-6-11(13)16-15/h2,4,6,8,10,12,14H,1,3,5,7,9H2,(H,16,18). The van der Waals surface area contributed by atoms with Crippen molar-refractivity contribution in [1.82, 2.24) is 0 Å². The van der Waals surface area contributed by atoms with Crippen LogP contribution < -0.4 is 10.2 Å². The molecule has 18 heavy (non-hydrogen) atoms. The second-order valence-corrected chi connectivity index (χ2v) is 5.78. The van der Waals surface area contributed by atoms with Crippen molar-refractivity contribution >= 4 is 17.3 Å². The normalized spacial score (nSPS) is 33.4. The monoisotopic (exact) mass is 242 g/mol. The van der Waals surface area contributed by atoms with Crippen molar-refractivity contribution in [3.8, 4) is 0 Å². The third-order valence-corrected chi connectivity index (χ3v) is 4.83. The highest BCUT2D eigenvalue weighted by molar-refractivity contribution is 6.04. The highest BCUT2D eigenvalue weighted by Crippen LogP contribution is 2.46. The minimum absolute atomic E-state index is 0.0769. The van der Waals surface area contributed by atoms with Gasteiger partial charge in [0.15, 0.2) is 0 Å². The van der Waals surface area contributed by atoms with E-state index in [-0.39, 0.29) is 11.9 Å². The van der Waals surface area contributed by atoms with Crippen LogP contribution in [0.1, 0.15) is 32.1 Å². The second kappa shape index (κ2) is 3.74. The average Bonchev–Trinajstić information content (AvgIpc) is 2.79. The SMILES string of the molecule is O=C1Nc2ccccc2N2C1CC1CCCCC12. The largest absolute Gasteiger partial charge is 0.355 e. The summed E-state index contributed by atoms with van der Waals surface area (Å²) in [6.07, 6.45) is 6.25. The van der Waals surface area contributed by atoms with Gasteiger partial charge >= 0.3 is 0 Å². The zero-order valence-electron chi connectivity index (χ0n) is 10.4. The first kappa shape index (κ1) is 10.4. The van der Waals surface area contributed by atoms with E-state index < -0.39 is 0 Å². The van der Waals surface area contributed by atoms with Gasteiger partial charge in [-0.3, -0.25) is 4.79 Å². The van der Waals surface area contributed by atoms with Gasteiger partial charge < -0.3 is 10.2 Å². The Bertz CT molecular complexity index is 499. The molecular weight excluding hydrogens is 224 g/mol. The molecular formula is C15H18N2O. The lowest BCUT2D eigenvalue weighted by Crippen LogP contribution is -2.47. The second-order valence-electron chi connectivity index (χ2n) is 5.78. The molecule has 1 saturated heterocycles. The molecule has 2 heterocycles. The summed E-state index contributed by atoms with van der Waals surface area (Å²) in [5.41, 5.74) is 2.22. The molecule has 1 aromatic rings. The molecule has 3 unspecified atom stereocenters. The molecule has 3 nitrogen and oxygen atoms in total. The Morgan fingerprint density at radius 2 is 2.00 bits per heavy atom. The third-order valence-electron chi connectivity index (χ3n) is 4.83. The summed E-state index contributed by atoms with van der Waals surface area (Å²) in [6.45, 7) is 0. The molecule has 94 valence electrons. The minimum atomic E-state index is 0.0769. The first-order valence-corrected chi connectivity index (χ1v) is 7.03. The van der Waals surface area contributed by atoms with E-state index in [0.29, 0.717) is 6.04 Å². The maximum absolute atomic E-state index is 12.2. The number of hydrogen-bond donors (Lipinski definition) is 1. The molecule has 3 atom stereocenters. The quantitative estimate of drug-likeness (QED) is 0.758. The maximum atomic E-state index is 12.2. The number of anilines is 2. The van der Waals surface area contributed by atoms with Gasteiger partial charge in [0.25, 0.3) is 0 Å². The van der Waals surface area contributed by atoms with Gasteiger partial charge in [0, 0.05) is 6.04 Å². The molecule has 0 radical (unpaired) electrons. The van der Waals surface area contributed by atoms with Gasteiger partial charge in [0.1, 0.15) is 6.04 Å². The van der Waals surface area contributed by atoms with Gasteiger partial charge in [-0.15, -0.1) is 0 Å². The highest BCUT2D eigenvalue weighted by Gasteiger charge is 2.47. The van der Waals surface area contributed by atoms with Gasteiger partial charge in [-0.2, -0.15) is 0 Å². The number of nitrogens with zero attached hydrogens (tertiary/aromatic N) is 1. The molecule has 1 amide bonds. The molecule has 3 heteroatoms. The van der Waals surface area contributed by atoms with Crippen molar-refractivity contribution < 1.29 is 4.79 Å². The molecule has 0 aromatic heterocycles. The van der Waals surface area contributed by atoms with Crippen molar-refractivity contribution in [2.45, 2.75) is 44.2 Å². The van der Waals surface area contributed by atoms with Crippen molar-refractivity contribution in [3.63, 3.8) is 0 Å². The molecule has 0 spiro atoms. The van der Waals surface area contributed by atoms with Gasteiger partial charge in [-0.05, 0) is 37.3 Å². The van der Waals surface area contributed by atoms with Crippen molar-refractivity contribution in [2.75, 3.05) is 10.2 Å². The lowest BCUT2D eigenvalue weighted by molar-refractivity contribution is -0.117. The summed E-state index contributed by atoms with van der Waals surface area (Å²) in [6, 6.07) is 8.90. The third kappa shape index (κ3) is 1.33. The predicted molar refractivity (Wildman–Crippen MR) is 71.7 cm³/mol. The molecule has 1 aromatic carbocycles. The Hall–Kier alpha value is -1.51. The molecule has 1 saturated carbocycles. The number of amides is 1. The first-order chi connectivity index (χ1) is 8.84. The molecule has 4 rings (SSSR count). The van der Waals surface area contributed by atoms with Crippen molar-refractivity contribution in [3.05, 3.63) is 24.3 Å². The molecule has 1 aliphatic carbocycles. The van der Waals surface area contributed by atoms with Crippen LogP contribution in [0.3, 0.4) is 0 Å². The van der Waals surface area contributed by atoms with E-state index in [1.807, 2.05) is 12.1 Å².